The highest BCUT2D eigenvalue weighted by Crippen LogP contribution is 2.39. The first-order valence-electron chi connectivity index (χ1n) is 12.0. The molecule has 2 aromatic rings. The first kappa shape index (κ1) is 25.2. The molecule has 0 spiro atoms. The average molecular weight is 502 g/mol. The van der Waals surface area contributed by atoms with Crippen LogP contribution in [0.4, 0.5) is 15.8 Å². The zero-order valence-electron chi connectivity index (χ0n) is 20.5. The van der Waals surface area contributed by atoms with Gasteiger partial charge in [0.05, 0.1) is 22.7 Å². The molecule has 4 rings (SSSR count). The van der Waals surface area contributed by atoms with Crippen molar-refractivity contribution in [2.45, 2.75) is 76.8 Å². The number of nitrogens with zero attached hydrogens (tertiary/aromatic N) is 1. The SMILES string of the molecule is Cc1cc(C)c(S(=O)(=O)N2c3ccc(F)cc3NC(=O)C2CC(=O)NC2CCCC(C)C2)c(C)c1. The lowest BCUT2D eigenvalue weighted by Gasteiger charge is -2.37. The van der Waals surface area contributed by atoms with E-state index in [4.69, 9.17) is 0 Å². The minimum absolute atomic E-state index is 0.00549. The van der Waals surface area contributed by atoms with Gasteiger partial charge in [-0.05, 0) is 68.9 Å². The lowest BCUT2D eigenvalue weighted by Crippen LogP contribution is -2.53. The van der Waals surface area contributed by atoms with E-state index in [1.54, 1.807) is 26.0 Å². The minimum atomic E-state index is -4.27. The number of anilines is 2. The summed E-state index contributed by atoms with van der Waals surface area (Å²) in [4.78, 5) is 26.2. The van der Waals surface area contributed by atoms with Gasteiger partial charge >= 0.3 is 0 Å². The third-order valence-electron chi connectivity index (χ3n) is 6.84. The topological polar surface area (TPSA) is 95.6 Å². The standard InChI is InChI=1S/C26H32FN3O4S/c1-15-6-5-7-20(12-15)28-24(31)14-23-26(32)29-21-13-19(27)8-9-22(21)30(23)35(33,34)25-17(3)10-16(2)11-18(25)4/h8-11,13,15,20,23H,5-7,12,14H2,1-4H3,(H,28,31)(H,29,32). The van der Waals surface area contributed by atoms with Gasteiger partial charge in [0.1, 0.15) is 11.9 Å². The van der Waals surface area contributed by atoms with Crippen molar-refractivity contribution in [2.75, 3.05) is 9.62 Å². The molecule has 7 nitrogen and oxygen atoms in total. The van der Waals surface area contributed by atoms with Crippen molar-refractivity contribution in [3.05, 3.63) is 52.8 Å². The van der Waals surface area contributed by atoms with E-state index in [0.717, 1.165) is 47.7 Å². The smallest absolute Gasteiger partial charge is 0.265 e. The number of benzene rings is 2. The molecule has 1 heterocycles. The molecule has 9 heteroatoms. The highest BCUT2D eigenvalue weighted by molar-refractivity contribution is 7.93. The normalized spacial score (nSPS) is 22.4. The Morgan fingerprint density at radius 2 is 1.83 bits per heavy atom. The Hall–Kier alpha value is -2.94. The van der Waals surface area contributed by atoms with E-state index in [0.29, 0.717) is 17.0 Å². The molecular weight excluding hydrogens is 469 g/mol. The number of hydrogen-bond acceptors (Lipinski definition) is 4. The summed E-state index contributed by atoms with van der Waals surface area (Å²) in [7, 11) is -4.27. The average Bonchev–Trinajstić information content (AvgIpc) is 2.73. The molecule has 2 N–H and O–H groups in total. The molecule has 2 aliphatic rings. The van der Waals surface area contributed by atoms with Crippen LogP contribution in [0.2, 0.25) is 0 Å². The Morgan fingerprint density at radius 1 is 1.14 bits per heavy atom. The van der Waals surface area contributed by atoms with Gasteiger partial charge in [-0.3, -0.25) is 13.9 Å². The third kappa shape index (κ3) is 5.05. The van der Waals surface area contributed by atoms with Crippen LogP contribution in [0.25, 0.3) is 0 Å². The van der Waals surface area contributed by atoms with Crippen LogP contribution in [0.3, 0.4) is 0 Å². The van der Waals surface area contributed by atoms with Gasteiger partial charge in [-0.1, -0.05) is 37.5 Å². The van der Waals surface area contributed by atoms with Crippen molar-refractivity contribution in [2.24, 2.45) is 5.92 Å². The van der Waals surface area contributed by atoms with Crippen LogP contribution in [0, 0.1) is 32.5 Å². The van der Waals surface area contributed by atoms with Gasteiger partial charge in [0.15, 0.2) is 0 Å². The summed E-state index contributed by atoms with van der Waals surface area (Å²) < 4.78 is 43.1. The van der Waals surface area contributed by atoms with E-state index >= 15 is 0 Å². The Labute approximate surface area is 206 Å². The summed E-state index contributed by atoms with van der Waals surface area (Å²) in [6, 6.07) is 5.79. The number of halogens is 1. The van der Waals surface area contributed by atoms with Gasteiger partial charge in [-0.2, -0.15) is 0 Å². The Kier molecular flexibility index (Phi) is 6.90. The molecule has 2 amide bonds. The largest absolute Gasteiger partial charge is 0.353 e. The van der Waals surface area contributed by atoms with Gasteiger partial charge in [0, 0.05) is 6.04 Å². The predicted molar refractivity (Wildman–Crippen MR) is 133 cm³/mol. The van der Waals surface area contributed by atoms with E-state index in [1.807, 2.05) is 6.92 Å². The molecule has 35 heavy (non-hydrogen) atoms. The molecule has 1 fully saturated rings. The predicted octanol–water partition coefficient (Wildman–Crippen LogP) is 4.35. The lowest BCUT2D eigenvalue weighted by molar-refractivity contribution is -0.126. The molecule has 2 aromatic carbocycles. The maximum Gasteiger partial charge on any atom is 0.265 e. The molecule has 3 unspecified atom stereocenters. The van der Waals surface area contributed by atoms with Gasteiger partial charge in [-0.15, -0.1) is 0 Å². The highest BCUT2D eigenvalue weighted by Gasteiger charge is 2.43. The molecule has 1 saturated carbocycles. The second kappa shape index (κ2) is 9.60. The summed E-state index contributed by atoms with van der Waals surface area (Å²) in [5, 5.41) is 5.59. The first-order valence-corrected chi connectivity index (χ1v) is 13.4. The van der Waals surface area contributed by atoms with Crippen LogP contribution >= 0.6 is 0 Å². The van der Waals surface area contributed by atoms with Crippen molar-refractivity contribution in [1.29, 1.82) is 0 Å². The molecule has 0 saturated heterocycles. The quantitative estimate of drug-likeness (QED) is 0.637. The highest BCUT2D eigenvalue weighted by atomic mass is 32.2. The van der Waals surface area contributed by atoms with Crippen molar-refractivity contribution >= 4 is 33.2 Å². The fourth-order valence-corrected chi connectivity index (χ4v) is 7.51. The van der Waals surface area contributed by atoms with Gasteiger partial charge in [0.25, 0.3) is 10.0 Å². The first-order chi connectivity index (χ1) is 16.5. The Balaban J connectivity index is 1.74. The van der Waals surface area contributed by atoms with Crippen LogP contribution in [0.5, 0.6) is 0 Å². The summed E-state index contributed by atoms with van der Waals surface area (Å²) in [6.07, 6.45) is 3.51. The third-order valence-corrected chi connectivity index (χ3v) is 8.97. The van der Waals surface area contributed by atoms with E-state index in [-0.39, 0.29) is 34.6 Å². The molecule has 1 aliphatic carbocycles. The molecule has 1 aliphatic heterocycles. The Morgan fingerprint density at radius 3 is 2.49 bits per heavy atom. The lowest BCUT2D eigenvalue weighted by atomic mass is 9.87. The van der Waals surface area contributed by atoms with Crippen LogP contribution < -0.4 is 14.9 Å². The van der Waals surface area contributed by atoms with Crippen molar-refractivity contribution in [3.63, 3.8) is 0 Å². The van der Waals surface area contributed by atoms with Crippen LogP contribution in [-0.2, 0) is 19.6 Å². The number of rotatable bonds is 5. The fourth-order valence-electron chi connectivity index (χ4n) is 5.46. The molecule has 188 valence electrons. The summed E-state index contributed by atoms with van der Waals surface area (Å²) in [5.41, 5.74) is 2.18. The second-order valence-electron chi connectivity index (χ2n) is 9.94. The number of hydrogen-bond donors (Lipinski definition) is 2. The van der Waals surface area contributed by atoms with Gasteiger partial charge in [-0.25, -0.2) is 12.8 Å². The zero-order valence-corrected chi connectivity index (χ0v) is 21.3. The maximum absolute atomic E-state index is 14.1. The summed E-state index contributed by atoms with van der Waals surface area (Å²) in [6.45, 7) is 7.43. The number of amides is 2. The summed E-state index contributed by atoms with van der Waals surface area (Å²) >= 11 is 0. The number of aryl methyl sites for hydroxylation is 3. The van der Waals surface area contributed by atoms with Crippen LogP contribution in [0.1, 0.15) is 55.7 Å². The van der Waals surface area contributed by atoms with E-state index < -0.39 is 27.8 Å². The number of sulfonamides is 1. The molecule has 3 atom stereocenters. The number of carbonyl (C=O) groups excluding carboxylic acids is 2. The Bertz CT molecular complexity index is 1250. The fraction of sp³-hybridized carbons (Fsp3) is 0.462. The van der Waals surface area contributed by atoms with E-state index in [2.05, 4.69) is 17.6 Å². The van der Waals surface area contributed by atoms with Crippen molar-refractivity contribution in [3.8, 4) is 0 Å². The molecule has 0 aromatic heterocycles. The maximum atomic E-state index is 14.1. The minimum Gasteiger partial charge on any atom is -0.353 e. The number of nitrogens with one attached hydrogen (secondary N) is 2. The number of carbonyl (C=O) groups is 2. The number of fused-ring (bicyclic) bond motifs is 1. The molecule has 0 bridgehead atoms. The van der Waals surface area contributed by atoms with Gasteiger partial charge in [0.2, 0.25) is 11.8 Å². The van der Waals surface area contributed by atoms with Gasteiger partial charge < -0.3 is 10.6 Å². The van der Waals surface area contributed by atoms with Crippen LogP contribution in [0.15, 0.2) is 35.2 Å². The van der Waals surface area contributed by atoms with Crippen molar-refractivity contribution in [1.82, 2.24) is 5.32 Å². The monoisotopic (exact) mass is 501 g/mol. The van der Waals surface area contributed by atoms with E-state index in [1.165, 1.54) is 6.07 Å². The molecular formula is C26H32FN3O4S. The molecule has 0 radical (unpaired) electrons. The summed E-state index contributed by atoms with van der Waals surface area (Å²) in [5.74, 6) is -1.15. The van der Waals surface area contributed by atoms with Crippen molar-refractivity contribution < 1.29 is 22.4 Å². The second-order valence-corrected chi connectivity index (χ2v) is 11.7. The zero-order chi connectivity index (χ0) is 25.5. The van der Waals surface area contributed by atoms with E-state index in [9.17, 15) is 22.4 Å². The van der Waals surface area contributed by atoms with Crippen LogP contribution in [-0.4, -0.2) is 32.3 Å².